The van der Waals surface area contributed by atoms with Gasteiger partial charge in [-0.2, -0.15) is 0 Å². The van der Waals surface area contributed by atoms with Gasteiger partial charge in [-0.25, -0.2) is 12.8 Å². The Bertz CT molecular complexity index is 1540. The molecule has 42 heavy (non-hydrogen) atoms. The van der Waals surface area contributed by atoms with Crippen LogP contribution < -0.4 is 19.1 Å². The lowest BCUT2D eigenvalue weighted by Gasteiger charge is -2.32. The highest BCUT2D eigenvalue weighted by molar-refractivity contribution is 9.10. The Balaban J connectivity index is 1.72. The number of nitrogens with zero attached hydrogens (tertiary/aromatic N) is 2. The van der Waals surface area contributed by atoms with Crippen LogP contribution in [0, 0.1) is 5.82 Å². The standard InChI is InChI=1S/C30H33BrFN3O6S/c1-4-20(2)33-30(37)21(3)34(18-22-6-5-7-23(31)16-22)29(36)19-35(25-10-8-24(32)9-11-25)42(38,39)26-12-13-27-28(17-26)41-15-14-40-27/h5-13,16-17,20-21H,4,14-15,18-19H2,1-3H3,(H,33,37)/t20-,21+/m1/s1. The topological polar surface area (TPSA) is 105 Å². The van der Waals surface area contributed by atoms with Crippen LogP contribution in [0.25, 0.3) is 0 Å². The van der Waals surface area contributed by atoms with E-state index in [-0.39, 0.29) is 41.4 Å². The molecule has 1 aliphatic rings. The molecule has 0 radical (unpaired) electrons. The van der Waals surface area contributed by atoms with Gasteiger partial charge in [0.15, 0.2) is 11.5 Å². The third kappa shape index (κ3) is 7.40. The van der Waals surface area contributed by atoms with Gasteiger partial charge >= 0.3 is 0 Å². The maximum absolute atomic E-state index is 14.0. The zero-order chi connectivity index (χ0) is 30.4. The third-order valence-electron chi connectivity index (χ3n) is 6.91. The number of hydrogen-bond donors (Lipinski definition) is 1. The number of halogens is 2. The van der Waals surface area contributed by atoms with E-state index in [4.69, 9.17) is 9.47 Å². The summed E-state index contributed by atoms with van der Waals surface area (Å²) >= 11 is 3.43. The molecule has 0 aromatic heterocycles. The van der Waals surface area contributed by atoms with Gasteiger partial charge in [0.25, 0.3) is 10.0 Å². The van der Waals surface area contributed by atoms with Crippen molar-refractivity contribution in [3.05, 3.63) is 82.6 Å². The number of amides is 2. The van der Waals surface area contributed by atoms with Crippen molar-refractivity contribution in [1.82, 2.24) is 10.2 Å². The van der Waals surface area contributed by atoms with Crippen LogP contribution in [0.5, 0.6) is 11.5 Å². The molecular weight excluding hydrogens is 629 g/mol. The number of carbonyl (C=O) groups is 2. The molecule has 0 fully saturated rings. The minimum Gasteiger partial charge on any atom is -0.486 e. The predicted octanol–water partition coefficient (Wildman–Crippen LogP) is 4.89. The number of carbonyl (C=O) groups excluding carboxylic acids is 2. The molecule has 0 bridgehead atoms. The van der Waals surface area contributed by atoms with E-state index in [1.54, 1.807) is 6.92 Å². The van der Waals surface area contributed by atoms with Crippen LogP contribution in [0.3, 0.4) is 0 Å². The fourth-order valence-corrected chi connectivity index (χ4v) is 6.20. The van der Waals surface area contributed by atoms with Crippen LogP contribution in [-0.4, -0.2) is 57.0 Å². The number of rotatable bonds is 11. The van der Waals surface area contributed by atoms with Gasteiger partial charge in [0.2, 0.25) is 11.8 Å². The van der Waals surface area contributed by atoms with Crippen LogP contribution in [0.2, 0.25) is 0 Å². The van der Waals surface area contributed by atoms with E-state index in [0.717, 1.165) is 26.5 Å². The van der Waals surface area contributed by atoms with E-state index in [1.807, 2.05) is 38.1 Å². The molecule has 4 rings (SSSR count). The number of nitrogens with one attached hydrogen (secondary N) is 1. The minimum atomic E-state index is -4.36. The average molecular weight is 663 g/mol. The molecule has 0 spiro atoms. The molecule has 12 heteroatoms. The van der Waals surface area contributed by atoms with Gasteiger partial charge < -0.3 is 19.7 Å². The second-order valence-corrected chi connectivity index (χ2v) is 12.7. The largest absolute Gasteiger partial charge is 0.486 e. The van der Waals surface area contributed by atoms with Crippen LogP contribution in [-0.2, 0) is 26.2 Å². The first-order valence-corrected chi connectivity index (χ1v) is 15.7. The third-order valence-corrected chi connectivity index (χ3v) is 9.17. The van der Waals surface area contributed by atoms with Gasteiger partial charge in [-0.1, -0.05) is 35.0 Å². The van der Waals surface area contributed by atoms with E-state index >= 15 is 0 Å². The molecule has 1 heterocycles. The lowest BCUT2D eigenvalue weighted by molar-refractivity contribution is -0.139. The lowest BCUT2D eigenvalue weighted by atomic mass is 10.1. The first-order valence-electron chi connectivity index (χ1n) is 13.5. The number of hydrogen-bond acceptors (Lipinski definition) is 6. The van der Waals surface area contributed by atoms with Gasteiger partial charge in [0.05, 0.1) is 10.6 Å². The summed E-state index contributed by atoms with van der Waals surface area (Å²) in [6.07, 6.45) is 0.699. The summed E-state index contributed by atoms with van der Waals surface area (Å²) in [5, 5.41) is 2.90. The predicted molar refractivity (Wildman–Crippen MR) is 160 cm³/mol. The smallest absolute Gasteiger partial charge is 0.264 e. The Morgan fingerprint density at radius 1 is 1.00 bits per heavy atom. The van der Waals surface area contributed by atoms with Crippen LogP contribution in [0.1, 0.15) is 32.8 Å². The Morgan fingerprint density at radius 2 is 1.69 bits per heavy atom. The zero-order valence-electron chi connectivity index (χ0n) is 23.5. The highest BCUT2D eigenvalue weighted by atomic mass is 79.9. The number of fused-ring (bicyclic) bond motifs is 1. The molecule has 1 N–H and O–H groups in total. The fraction of sp³-hybridized carbons (Fsp3) is 0.333. The summed E-state index contributed by atoms with van der Waals surface area (Å²) in [6.45, 7) is 5.41. The zero-order valence-corrected chi connectivity index (χ0v) is 26.0. The summed E-state index contributed by atoms with van der Waals surface area (Å²) in [5.74, 6) is -0.874. The Kier molecular flexibility index (Phi) is 10.1. The molecule has 1 aliphatic heterocycles. The maximum Gasteiger partial charge on any atom is 0.264 e. The van der Waals surface area contributed by atoms with Crippen molar-refractivity contribution in [2.24, 2.45) is 0 Å². The van der Waals surface area contributed by atoms with Crippen LogP contribution in [0.4, 0.5) is 10.1 Å². The lowest BCUT2D eigenvalue weighted by Crippen LogP contribution is -2.52. The highest BCUT2D eigenvalue weighted by Gasteiger charge is 2.33. The van der Waals surface area contributed by atoms with Gasteiger partial charge in [0.1, 0.15) is 31.6 Å². The van der Waals surface area contributed by atoms with E-state index in [0.29, 0.717) is 18.8 Å². The molecule has 2 amide bonds. The molecule has 3 aromatic rings. The monoisotopic (exact) mass is 661 g/mol. The molecule has 0 saturated heterocycles. The highest BCUT2D eigenvalue weighted by Crippen LogP contribution is 2.34. The van der Waals surface area contributed by atoms with E-state index in [1.165, 1.54) is 35.2 Å². The number of benzene rings is 3. The first-order chi connectivity index (χ1) is 20.0. The van der Waals surface area contributed by atoms with Crippen LogP contribution >= 0.6 is 15.9 Å². The van der Waals surface area contributed by atoms with Crippen molar-refractivity contribution in [2.45, 2.75) is 50.7 Å². The molecule has 2 atom stereocenters. The summed E-state index contributed by atoms with van der Waals surface area (Å²) < 4.78 is 54.7. The van der Waals surface area contributed by atoms with Gasteiger partial charge in [-0.3, -0.25) is 13.9 Å². The van der Waals surface area contributed by atoms with Gasteiger partial charge in [0, 0.05) is 23.1 Å². The number of sulfonamides is 1. The van der Waals surface area contributed by atoms with Crippen molar-refractivity contribution >= 4 is 43.5 Å². The van der Waals surface area contributed by atoms with E-state index < -0.39 is 34.3 Å². The minimum absolute atomic E-state index is 0.0503. The first kappa shape index (κ1) is 31.3. The van der Waals surface area contributed by atoms with Crippen molar-refractivity contribution < 1.29 is 31.9 Å². The summed E-state index contributed by atoms with van der Waals surface area (Å²) in [5.41, 5.74) is 0.822. The molecule has 0 aliphatic carbocycles. The van der Waals surface area contributed by atoms with Crippen LogP contribution in [0.15, 0.2) is 76.1 Å². The van der Waals surface area contributed by atoms with Crippen molar-refractivity contribution in [3.63, 3.8) is 0 Å². The SMILES string of the molecule is CC[C@@H](C)NC(=O)[C@H](C)N(Cc1cccc(Br)c1)C(=O)CN(c1ccc(F)cc1)S(=O)(=O)c1ccc2c(c1)OCCO2. The molecule has 3 aromatic carbocycles. The molecular formula is C30H33BrFN3O6S. The molecule has 9 nitrogen and oxygen atoms in total. The quantitative estimate of drug-likeness (QED) is 0.314. The van der Waals surface area contributed by atoms with Gasteiger partial charge in [-0.15, -0.1) is 0 Å². The number of ether oxygens (including phenoxy) is 2. The maximum atomic E-state index is 14.0. The molecule has 0 unspecified atom stereocenters. The van der Waals surface area contributed by atoms with Crippen molar-refractivity contribution in [1.29, 1.82) is 0 Å². The van der Waals surface area contributed by atoms with E-state index in [9.17, 15) is 22.4 Å². The molecule has 0 saturated carbocycles. The number of anilines is 1. The van der Waals surface area contributed by atoms with Gasteiger partial charge in [-0.05, 0) is 74.4 Å². The average Bonchev–Trinajstić information content (AvgIpc) is 2.98. The fourth-order valence-electron chi connectivity index (χ4n) is 4.33. The Hall–Kier alpha value is -3.64. The van der Waals surface area contributed by atoms with Crippen molar-refractivity contribution in [2.75, 3.05) is 24.1 Å². The van der Waals surface area contributed by atoms with E-state index in [2.05, 4.69) is 21.2 Å². The summed E-state index contributed by atoms with van der Waals surface area (Å²) in [6, 6.07) is 15.3. The Morgan fingerprint density at radius 3 is 2.36 bits per heavy atom. The molecule has 224 valence electrons. The summed E-state index contributed by atoms with van der Waals surface area (Å²) in [7, 11) is -4.36. The second kappa shape index (κ2) is 13.6. The second-order valence-electron chi connectivity index (χ2n) is 9.94. The van der Waals surface area contributed by atoms with Crippen molar-refractivity contribution in [3.8, 4) is 11.5 Å². The normalized spacial score (nSPS) is 14.0. The Labute approximate surface area is 253 Å². The summed E-state index contributed by atoms with van der Waals surface area (Å²) in [4.78, 5) is 28.4.